The number of likely N-dealkylation sites (tertiary alicyclic amines) is 1. The second-order valence-electron chi connectivity index (χ2n) is 5.43. The van der Waals surface area contributed by atoms with Crippen LogP contribution in [0.15, 0.2) is 24.3 Å². The Labute approximate surface area is 120 Å². The molecule has 0 unspecified atom stereocenters. The van der Waals surface area contributed by atoms with Crippen LogP contribution < -0.4 is 5.32 Å². The van der Waals surface area contributed by atoms with Gasteiger partial charge in [-0.15, -0.1) is 0 Å². The van der Waals surface area contributed by atoms with Gasteiger partial charge in [0.25, 0.3) is 0 Å². The van der Waals surface area contributed by atoms with Crippen molar-refractivity contribution in [2.24, 2.45) is 0 Å². The normalized spacial score (nSPS) is 16.2. The number of benzene rings is 1. The highest BCUT2D eigenvalue weighted by atomic mass is 16.4. The first kappa shape index (κ1) is 15.0. The van der Waals surface area contributed by atoms with E-state index in [0.29, 0.717) is 5.56 Å². The van der Waals surface area contributed by atoms with E-state index < -0.39 is 5.97 Å². The second kappa shape index (κ2) is 8.02. The smallest absolute Gasteiger partial charge is 0.335 e. The van der Waals surface area contributed by atoms with Gasteiger partial charge in [-0.05, 0) is 63.1 Å². The number of nitrogens with one attached hydrogen (secondary N) is 1. The average Bonchev–Trinajstić information content (AvgIpc) is 2.48. The highest BCUT2D eigenvalue weighted by Crippen LogP contribution is 2.08. The molecule has 0 saturated carbocycles. The molecular formula is C16H24N2O2. The lowest BCUT2D eigenvalue weighted by atomic mass is 10.1. The molecule has 0 atom stereocenters. The molecule has 20 heavy (non-hydrogen) atoms. The number of carbonyl (C=O) groups is 1. The monoisotopic (exact) mass is 276 g/mol. The predicted octanol–water partition coefficient (Wildman–Crippen LogP) is 2.35. The summed E-state index contributed by atoms with van der Waals surface area (Å²) in [5.41, 5.74) is 1.48. The minimum atomic E-state index is -0.869. The van der Waals surface area contributed by atoms with Gasteiger partial charge >= 0.3 is 5.97 Å². The number of aromatic carboxylic acids is 1. The molecule has 0 spiro atoms. The summed E-state index contributed by atoms with van der Waals surface area (Å²) >= 11 is 0. The maximum absolute atomic E-state index is 10.7. The Morgan fingerprint density at radius 3 is 2.50 bits per heavy atom. The summed E-state index contributed by atoms with van der Waals surface area (Å²) in [7, 11) is 0. The van der Waals surface area contributed by atoms with Crippen molar-refractivity contribution >= 4 is 5.97 Å². The summed E-state index contributed by atoms with van der Waals surface area (Å²) in [6.45, 7) is 5.52. The molecule has 2 rings (SSSR count). The maximum Gasteiger partial charge on any atom is 0.335 e. The Hall–Kier alpha value is -1.39. The molecule has 1 aromatic carbocycles. The quantitative estimate of drug-likeness (QED) is 0.751. The summed E-state index contributed by atoms with van der Waals surface area (Å²) in [6.07, 6.45) is 5.26. The van der Waals surface area contributed by atoms with Gasteiger partial charge in [-0.2, -0.15) is 0 Å². The largest absolute Gasteiger partial charge is 0.478 e. The molecule has 4 heteroatoms. The third-order valence-corrected chi connectivity index (χ3v) is 3.81. The van der Waals surface area contributed by atoms with E-state index in [0.717, 1.165) is 18.7 Å². The first-order chi connectivity index (χ1) is 9.75. The number of nitrogens with zero attached hydrogens (tertiary/aromatic N) is 1. The van der Waals surface area contributed by atoms with Gasteiger partial charge < -0.3 is 15.3 Å². The molecule has 0 aromatic heterocycles. The van der Waals surface area contributed by atoms with Gasteiger partial charge in [0, 0.05) is 6.54 Å². The van der Waals surface area contributed by atoms with Crippen LogP contribution in [0.25, 0.3) is 0 Å². The van der Waals surface area contributed by atoms with Crippen LogP contribution in [0.4, 0.5) is 0 Å². The van der Waals surface area contributed by atoms with Gasteiger partial charge in [-0.25, -0.2) is 4.79 Å². The molecule has 1 aromatic rings. The van der Waals surface area contributed by atoms with Crippen molar-refractivity contribution in [2.45, 2.75) is 32.2 Å². The molecule has 2 N–H and O–H groups in total. The van der Waals surface area contributed by atoms with Crippen LogP contribution in [-0.2, 0) is 6.54 Å². The molecular weight excluding hydrogens is 252 g/mol. The van der Waals surface area contributed by atoms with Crippen molar-refractivity contribution in [3.63, 3.8) is 0 Å². The first-order valence-electron chi connectivity index (χ1n) is 7.51. The first-order valence-corrected chi connectivity index (χ1v) is 7.51. The van der Waals surface area contributed by atoms with Crippen molar-refractivity contribution in [3.05, 3.63) is 35.4 Å². The van der Waals surface area contributed by atoms with Gasteiger partial charge in [-0.1, -0.05) is 18.6 Å². The van der Waals surface area contributed by atoms with Gasteiger partial charge in [0.05, 0.1) is 5.56 Å². The Morgan fingerprint density at radius 1 is 1.15 bits per heavy atom. The van der Waals surface area contributed by atoms with E-state index in [-0.39, 0.29) is 0 Å². The molecule has 1 aliphatic rings. The topological polar surface area (TPSA) is 52.6 Å². The standard InChI is InChI=1S/C16H24N2O2/c19-16(20)15-7-5-14(6-8-15)13-17-9-4-12-18-10-2-1-3-11-18/h5-8,17H,1-4,9-13H2,(H,19,20). The lowest BCUT2D eigenvalue weighted by Crippen LogP contribution is -2.32. The van der Waals surface area contributed by atoms with Crippen LogP contribution >= 0.6 is 0 Å². The van der Waals surface area contributed by atoms with Crippen molar-refractivity contribution in [2.75, 3.05) is 26.2 Å². The fraction of sp³-hybridized carbons (Fsp3) is 0.562. The lowest BCUT2D eigenvalue weighted by Gasteiger charge is -2.26. The Kier molecular flexibility index (Phi) is 6.02. The highest BCUT2D eigenvalue weighted by Gasteiger charge is 2.08. The van der Waals surface area contributed by atoms with Gasteiger partial charge in [0.1, 0.15) is 0 Å². The van der Waals surface area contributed by atoms with Crippen LogP contribution in [0.2, 0.25) is 0 Å². The number of piperidine rings is 1. The van der Waals surface area contributed by atoms with Crippen LogP contribution in [0.3, 0.4) is 0 Å². The average molecular weight is 276 g/mol. The predicted molar refractivity (Wildman–Crippen MR) is 80.0 cm³/mol. The van der Waals surface area contributed by atoms with Gasteiger partial charge in [-0.3, -0.25) is 0 Å². The number of carboxylic acid groups (broad SMARTS) is 1. The molecule has 1 heterocycles. The zero-order chi connectivity index (χ0) is 14.2. The molecule has 0 amide bonds. The molecule has 0 radical (unpaired) electrons. The van der Waals surface area contributed by atoms with Crippen molar-refractivity contribution in [3.8, 4) is 0 Å². The summed E-state index contributed by atoms with van der Waals surface area (Å²) in [4.78, 5) is 13.3. The van der Waals surface area contributed by atoms with Crippen molar-refractivity contribution in [1.29, 1.82) is 0 Å². The minimum absolute atomic E-state index is 0.346. The molecule has 1 aliphatic heterocycles. The SMILES string of the molecule is O=C(O)c1ccc(CNCCCN2CCCCC2)cc1. The third-order valence-electron chi connectivity index (χ3n) is 3.81. The Morgan fingerprint density at radius 2 is 1.85 bits per heavy atom. The van der Waals surface area contributed by atoms with Crippen LogP contribution in [0, 0.1) is 0 Å². The van der Waals surface area contributed by atoms with Gasteiger partial charge in [0.15, 0.2) is 0 Å². The summed E-state index contributed by atoms with van der Waals surface area (Å²) in [5, 5.41) is 12.2. The van der Waals surface area contributed by atoms with Crippen LogP contribution in [0.5, 0.6) is 0 Å². The lowest BCUT2D eigenvalue weighted by molar-refractivity contribution is 0.0697. The molecule has 4 nitrogen and oxygen atoms in total. The Balaban J connectivity index is 1.59. The van der Waals surface area contributed by atoms with E-state index in [1.807, 2.05) is 12.1 Å². The minimum Gasteiger partial charge on any atom is -0.478 e. The highest BCUT2D eigenvalue weighted by molar-refractivity contribution is 5.87. The zero-order valence-corrected chi connectivity index (χ0v) is 12.0. The van der Waals surface area contributed by atoms with E-state index in [9.17, 15) is 4.79 Å². The van der Waals surface area contributed by atoms with E-state index in [4.69, 9.17) is 5.11 Å². The van der Waals surface area contributed by atoms with E-state index in [1.54, 1.807) is 12.1 Å². The molecule has 1 fully saturated rings. The second-order valence-corrected chi connectivity index (χ2v) is 5.43. The van der Waals surface area contributed by atoms with Gasteiger partial charge in [0.2, 0.25) is 0 Å². The maximum atomic E-state index is 10.7. The summed E-state index contributed by atoms with van der Waals surface area (Å²) in [5.74, 6) is -0.869. The van der Waals surface area contributed by atoms with Crippen molar-refractivity contribution < 1.29 is 9.90 Å². The van der Waals surface area contributed by atoms with E-state index >= 15 is 0 Å². The van der Waals surface area contributed by atoms with E-state index in [2.05, 4.69) is 10.2 Å². The van der Waals surface area contributed by atoms with Crippen LogP contribution in [0.1, 0.15) is 41.6 Å². The molecule has 0 aliphatic carbocycles. The number of hydrogen-bond donors (Lipinski definition) is 2. The third kappa shape index (κ3) is 4.94. The molecule has 0 bridgehead atoms. The van der Waals surface area contributed by atoms with Crippen LogP contribution in [-0.4, -0.2) is 42.2 Å². The number of carboxylic acids is 1. The number of hydrogen-bond acceptors (Lipinski definition) is 3. The fourth-order valence-corrected chi connectivity index (χ4v) is 2.61. The molecule has 1 saturated heterocycles. The summed E-state index contributed by atoms with van der Waals surface area (Å²) < 4.78 is 0. The molecule has 110 valence electrons. The number of rotatable bonds is 7. The fourth-order valence-electron chi connectivity index (χ4n) is 2.61. The Bertz CT molecular complexity index is 411. The summed E-state index contributed by atoms with van der Waals surface area (Å²) in [6, 6.07) is 7.07. The zero-order valence-electron chi connectivity index (χ0n) is 12.0. The van der Waals surface area contributed by atoms with Crippen molar-refractivity contribution in [1.82, 2.24) is 10.2 Å². The van der Waals surface area contributed by atoms with E-state index in [1.165, 1.54) is 45.3 Å².